The quantitative estimate of drug-likeness (QED) is 0.728. The Morgan fingerprint density at radius 1 is 1.07 bits per heavy atom. The number of piperazine rings is 1. The maximum absolute atomic E-state index is 12.4. The summed E-state index contributed by atoms with van der Waals surface area (Å²) in [5.41, 5.74) is 1.26. The van der Waals surface area contributed by atoms with Gasteiger partial charge in [-0.3, -0.25) is 4.90 Å². The fraction of sp³-hybridized carbons (Fsp3) is 0.650. The fourth-order valence-corrected chi connectivity index (χ4v) is 3.67. The second-order valence-electron chi connectivity index (χ2n) is 7.58. The lowest BCUT2D eigenvalue weighted by Gasteiger charge is -2.38. The molecule has 0 aromatic carbocycles. The number of aromatic nitrogens is 1. The van der Waals surface area contributed by atoms with Gasteiger partial charge in [-0.25, -0.2) is 14.6 Å². The van der Waals surface area contributed by atoms with E-state index in [1.807, 2.05) is 11.0 Å². The summed E-state index contributed by atoms with van der Waals surface area (Å²) < 4.78 is 10.4. The topological polar surface area (TPSA) is 75.2 Å². The maximum Gasteiger partial charge on any atom is 0.410 e. The van der Waals surface area contributed by atoms with Crippen molar-refractivity contribution in [2.75, 3.05) is 51.3 Å². The largest absolute Gasteiger partial charge is 0.464 e. The predicted octanol–water partition coefficient (Wildman–Crippen LogP) is 2.00. The van der Waals surface area contributed by atoms with Crippen molar-refractivity contribution in [1.29, 1.82) is 0 Å². The summed E-state index contributed by atoms with van der Waals surface area (Å²) in [6, 6.07) is 4.06. The van der Waals surface area contributed by atoms with E-state index in [4.69, 9.17) is 4.74 Å². The molecule has 2 aliphatic heterocycles. The Labute approximate surface area is 166 Å². The molecule has 8 heteroatoms. The van der Waals surface area contributed by atoms with Crippen molar-refractivity contribution in [2.24, 2.45) is 0 Å². The Hall–Kier alpha value is -2.35. The standard InChI is InChI=1S/C20H30N4O4/c1-15(2)22-10-12-24(13-11-22)20(26)28-17-6-8-23(9-7-17)16-4-5-18(21-14-16)19(25)27-3/h4-5,14-15,17H,6-13H2,1-3H3. The average molecular weight is 390 g/mol. The molecule has 2 aliphatic rings. The molecule has 28 heavy (non-hydrogen) atoms. The Kier molecular flexibility index (Phi) is 6.72. The number of rotatable bonds is 4. The second-order valence-corrected chi connectivity index (χ2v) is 7.58. The molecule has 0 N–H and O–H groups in total. The van der Waals surface area contributed by atoms with Crippen LogP contribution in [0.4, 0.5) is 10.5 Å². The van der Waals surface area contributed by atoms with Gasteiger partial charge in [0, 0.05) is 58.2 Å². The lowest BCUT2D eigenvalue weighted by Crippen LogP contribution is -2.51. The molecule has 154 valence electrons. The molecule has 0 bridgehead atoms. The average Bonchev–Trinajstić information content (AvgIpc) is 2.74. The van der Waals surface area contributed by atoms with E-state index in [2.05, 4.69) is 33.4 Å². The van der Waals surface area contributed by atoms with Gasteiger partial charge in [-0.05, 0) is 26.0 Å². The molecule has 0 atom stereocenters. The van der Waals surface area contributed by atoms with Gasteiger partial charge in [-0.15, -0.1) is 0 Å². The molecule has 0 unspecified atom stereocenters. The molecule has 1 aromatic rings. The predicted molar refractivity (Wildman–Crippen MR) is 106 cm³/mol. The molecule has 8 nitrogen and oxygen atoms in total. The smallest absolute Gasteiger partial charge is 0.410 e. The first-order valence-electron chi connectivity index (χ1n) is 9.97. The number of ether oxygens (including phenoxy) is 2. The molecule has 1 aromatic heterocycles. The summed E-state index contributed by atoms with van der Waals surface area (Å²) in [6.45, 7) is 9.21. The Balaban J connectivity index is 1.44. The highest BCUT2D eigenvalue weighted by atomic mass is 16.6. The Morgan fingerprint density at radius 2 is 1.75 bits per heavy atom. The number of piperidine rings is 1. The first-order chi connectivity index (χ1) is 13.5. The summed E-state index contributed by atoms with van der Waals surface area (Å²) in [6.07, 6.45) is 3.03. The minimum atomic E-state index is -0.439. The van der Waals surface area contributed by atoms with Gasteiger partial charge < -0.3 is 19.3 Å². The number of nitrogens with zero attached hydrogens (tertiary/aromatic N) is 4. The Morgan fingerprint density at radius 3 is 2.29 bits per heavy atom. The molecule has 0 spiro atoms. The van der Waals surface area contributed by atoms with Crippen LogP contribution in [0, 0.1) is 0 Å². The van der Waals surface area contributed by atoms with Crippen LogP contribution in [0.25, 0.3) is 0 Å². The third-order valence-corrected chi connectivity index (χ3v) is 5.52. The number of carbonyl (C=O) groups is 2. The SMILES string of the molecule is COC(=O)c1ccc(N2CCC(OC(=O)N3CCN(C(C)C)CC3)CC2)cn1. The number of hydrogen-bond donors (Lipinski definition) is 0. The van der Waals surface area contributed by atoms with Gasteiger partial charge in [0.1, 0.15) is 11.8 Å². The minimum absolute atomic E-state index is 0.0471. The summed E-state index contributed by atoms with van der Waals surface area (Å²) in [7, 11) is 1.34. The molecule has 0 aliphatic carbocycles. The van der Waals surface area contributed by atoms with Crippen LogP contribution in [0.3, 0.4) is 0 Å². The molecule has 3 rings (SSSR count). The van der Waals surface area contributed by atoms with Crippen LogP contribution in [0.15, 0.2) is 18.3 Å². The van der Waals surface area contributed by atoms with Crippen LogP contribution in [0.5, 0.6) is 0 Å². The summed E-state index contributed by atoms with van der Waals surface area (Å²) >= 11 is 0. The van der Waals surface area contributed by atoms with E-state index in [9.17, 15) is 9.59 Å². The van der Waals surface area contributed by atoms with Crippen LogP contribution in [0.1, 0.15) is 37.2 Å². The van der Waals surface area contributed by atoms with Gasteiger partial charge in [0.15, 0.2) is 0 Å². The number of carbonyl (C=O) groups excluding carboxylic acids is 2. The van der Waals surface area contributed by atoms with Crippen molar-refractivity contribution in [3.63, 3.8) is 0 Å². The van der Waals surface area contributed by atoms with Gasteiger partial charge in [-0.2, -0.15) is 0 Å². The van der Waals surface area contributed by atoms with Crippen molar-refractivity contribution >= 4 is 17.7 Å². The fourth-order valence-electron chi connectivity index (χ4n) is 3.67. The molecular formula is C20H30N4O4. The van der Waals surface area contributed by atoms with Crippen molar-refractivity contribution in [3.8, 4) is 0 Å². The zero-order chi connectivity index (χ0) is 20.1. The minimum Gasteiger partial charge on any atom is -0.464 e. The van der Waals surface area contributed by atoms with Crippen molar-refractivity contribution in [2.45, 2.75) is 38.8 Å². The monoisotopic (exact) mass is 390 g/mol. The number of hydrogen-bond acceptors (Lipinski definition) is 7. The van der Waals surface area contributed by atoms with Gasteiger partial charge >= 0.3 is 12.1 Å². The first-order valence-corrected chi connectivity index (χ1v) is 9.97. The van der Waals surface area contributed by atoms with Gasteiger partial charge in [0.05, 0.1) is 19.0 Å². The third kappa shape index (κ3) is 4.92. The summed E-state index contributed by atoms with van der Waals surface area (Å²) in [5.74, 6) is -0.439. The molecular weight excluding hydrogens is 360 g/mol. The highest BCUT2D eigenvalue weighted by Crippen LogP contribution is 2.22. The zero-order valence-electron chi connectivity index (χ0n) is 17.0. The normalized spacial score (nSPS) is 19.0. The highest BCUT2D eigenvalue weighted by Gasteiger charge is 2.28. The lowest BCUT2D eigenvalue weighted by atomic mass is 10.1. The van der Waals surface area contributed by atoms with Crippen molar-refractivity contribution < 1.29 is 19.1 Å². The number of anilines is 1. The van der Waals surface area contributed by atoms with Crippen LogP contribution in [0.2, 0.25) is 0 Å². The van der Waals surface area contributed by atoms with Crippen molar-refractivity contribution in [3.05, 3.63) is 24.0 Å². The summed E-state index contributed by atoms with van der Waals surface area (Å²) in [4.78, 5) is 34.5. The Bertz CT molecular complexity index is 663. The van der Waals surface area contributed by atoms with Crippen LogP contribution >= 0.6 is 0 Å². The van der Waals surface area contributed by atoms with Crippen LogP contribution in [-0.2, 0) is 9.47 Å². The van der Waals surface area contributed by atoms with Gasteiger partial charge in [-0.1, -0.05) is 0 Å². The molecule has 3 heterocycles. The maximum atomic E-state index is 12.4. The summed E-state index contributed by atoms with van der Waals surface area (Å²) in [5, 5.41) is 0. The number of pyridine rings is 1. The molecule has 0 radical (unpaired) electrons. The van der Waals surface area contributed by atoms with Crippen molar-refractivity contribution in [1.82, 2.24) is 14.8 Å². The van der Waals surface area contributed by atoms with E-state index < -0.39 is 5.97 Å². The first kappa shape index (κ1) is 20.4. The van der Waals surface area contributed by atoms with E-state index in [1.54, 1.807) is 12.3 Å². The molecule has 2 saturated heterocycles. The number of amides is 1. The van der Waals surface area contributed by atoms with Crippen LogP contribution in [-0.4, -0.2) is 85.4 Å². The second kappa shape index (κ2) is 9.23. The highest BCUT2D eigenvalue weighted by molar-refractivity contribution is 5.87. The number of methoxy groups -OCH3 is 1. The van der Waals surface area contributed by atoms with E-state index in [0.717, 1.165) is 57.8 Å². The van der Waals surface area contributed by atoms with Gasteiger partial charge in [0.25, 0.3) is 0 Å². The van der Waals surface area contributed by atoms with E-state index in [0.29, 0.717) is 11.7 Å². The van der Waals surface area contributed by atoms with E-state index >= 15 is 0 Å². The molecule has 2 fully saturated rings. The van der Waals surface area contributed by atoms with Gasteiger partial charge in [0.2, 0.25) is 0 Å². The number of esters is 1. The van der Waals surface area contributed by atoms with E-state index in [-0.39, 0.29) is 12.2 Å². The van der Waals surface area contributed by atoms with E-state index in [1.165, 1.54) is 7.11 Å². The zero-order valence-corrected chi connectivity index (χ0v) is 17.0. The lowest BCUT2D eigenvalue weighted by molar-refractivity contribution is 0.0337. The van der Waals surface area contributed by atoms with Crippen LogP contribution < -0.4 is 4.90 Å². The third-order valence-electron chi connectivity index (χ3n) is 5.52. The molecule has 1 amide bonds. The molecule has 0 saturated carbocycles.